The van der Waals surface area contributed by atoms with E-state index in [0.717, 1.165) is 34.9 Å². The zero-order valence-electron chi connectivity index (χ0n) is 10.9. The maximum atomic E-state index is 10.7. The number of halogens is 1. The summed E-state index contributed by atoms with van der Waals surface area (Å²) in [4.78, 5) is 12.8. The Morgan fingerprint density at radius 2 is 2.26 bits per heavy atom. The van der Waals surface area contributed by atoms with E-state index >= 15 is 0 Å². The lowest BCUT2D eigenvalue weighted by Crippen LogP contribution is -2.30. The first kappa shape index (κ1) is 14.5. The van der Waals surface area contributed by atoms with E-state index in [1.165, 1.54) is 12.8 Å². The van der Waals surface area contributed by atoms with Crippen LogP contribution in [-0.4, -0.2) is 35.5 Å². The van der Waals surface area contributed by atoms with E-state index in [1.54, 1.807) is 18.2 Å². The predicted octanol–water partition coefficient (Wildman–Crippen LogP) is 3.10. The number of nitro benzene ring substituents is 1. The fraction of sp³-hybridized carbons (Fsp3) is 0.538. The van der Waals surface area contributed by atoms with Gasteiger partial charge >= 0.3 is 0 Å². The van der Waals surface area contributed by atoms with Gasteiger partial charge in [-0.1, -0.05) is 6.92 Å². The summed E-state index contributed by atoms with van der Waals surface area (Å²) >= 11 is 2.13. The quantitative estimate of drug-likeness (QED) is 0.452. The Balaban J connectivity index is 1.87. The molecule has 2 rings (SSSR count). The number of nitro groups is 1. The minimum Gasteiger partial charge on any atom is -0.383 e. The molecule has 0 atom stereocenters. The molecule has 6 heteroatoms. The highest BCUT2D eigenvalue weighted by Gasteiger charge is 2.27. The fourth-order valence-corrected chi connectivity index (χ4v) is 2.82. The minimum atomic E-state index is -0.363. The van der Waals surface area contributed by atoms with Gasteiger partial charge in [-0.2, -0.15) is 0 Å². The summed E-state index contributed by atoms with van der Waals surface area (Å²) in [5, 5.41) is 14.0. The fourth-order valence-electron chi connectivity index (χ4n) is 2.13. The standard InChI is InChI=1S/C13H18IN3O2/c1-2-16(10-3-4-10)8-7-15-13-6-5-11(17(18)19)9-12(13)14/h5-6,9-10,15H,2-4,7-8H2,1H3. The first-order valence-corrected chi connectivity index (χ1v) is 7.61. The Bertz CT molecular complexity index is 463. The summed E-state index contributed by atoms with van der Waals surface area (Å²) < 4.78 is 0.890. The Hall–Kier alpha value is -0.890. The summed E-state index contributed by atoms with van der Waals surface area (Å²) in [6.45, 7) is 5.17. The molecule has 1 aliphatic carbocycles. The molecule has 1 fully saturated rings. The third kappa shape index (κ3) is 4.04. The Labute approximate surface area is 126 Å². The monoisotopic (exact) mass is 375 g/mol. The van der Waals surface area contributed by atoms with Crippen molar-refractivity contribution in [3.8, 4) is 0 Å². The highest BCUT2D eigenvalue weighted by atomic mass is 127. The number of non-ortho nitro benzene ring substituents is 1. The van der Waals surface area contributed by atoms with Gasteiger partial charge in [-0.15, -0.1) is 0 Å². The largest absolute Gasteiger partial charge is 0.383 e. The van der Waals surface area contributed by atoms with Crippen molar-refractivity contribution in [3.05, 3.63) is 31.9 Å². The molecule has 5 nitrogen and oxygen atoms in total. The third-order valence-corrected chi connectivity index (χ3v) is 4.24. The zero-order valence-corrected chi connectivity index (χ0v) is 13.1. The van der Waals surface area contributed by atoms with Crippen LogP contribution in [0.1, 0.15) is 19.8 Å². The maximum Gasteiger partial charge on any atom is 0.270 e. The number of nitrogens with zero attached hydrogens (tertiary/aromatic N) is 2. The number of hydrogen-bond donors (Lipinski definition) is 1. The molecule has 0 bridgehead atoms. The van der Waals surface area contributed by atoms with Crippen molar-refractivity contribution in [2.24, 2.45) is 0 Å². The maximum absolute atomic E-state index is 10.7. The van der Waals surface area contributed by atoms with Gasteiger partial charge in [0.1, 0.15) is 0 Å². The third-order valence-electron chi connectivity index (χ3n) is 3.35. The van der Waals surface area contributed by atoms with Crippen molar-refractivity contribution in [2.45, 2.75) is 25.8 Å². The molecule has 104 valence electrons. The number of likely N-dealkylation sites (N-methyl/N-ethyl adjacent to an activating group) is 1. The van der Waals surface area contributed by atoms with Gasteiger partial charge in [0.25, 0.3) is 5.69 Å². The lowest BCUT2D eigenvalue weighted by Gasteiger charge is -2.20. The molecular weight excluding hydrogens is 357 g/mol. The molecular formula is C13H18IN3O2. The summed E-state index contributed by atoms with van der Waals surface area (Å²) in [7, 11) is 0. The summed E-state index contributed by atoms with van der Waals surface area (Å²) in [6.07, 6.45) is 2.64. The van der Waals surface area contributed by atoms with Crippen LogP contribution in [0.2, 0.25) is 0 Å². The van der Waals surface area contributed by atoms with Crippen LogP contribution in [0.5, 0.6) is 0 Å². The molecule has 0 aromatic heterocycles. The van der Waals surface area contributed by atoms with E-state index < -0.39 is 0 Å². The van der Waals surface area contributed by atoms with Crippen LogP contribution in [0.3, 0.4) is 0 Å². The average Bonchev–Trinajstić information content (AvgIpc) is 3.20. The van der Waals surface area contributed by atoms with Crippen molar-refractivity contribution < 1.29 is 4.92 Å². The molecule has 0 aliphatic heterocycles. The van der Waals surface area contributed by atoms with E-state index in [2.05, 4.69) is 39.7 Å². The lowest BCUT2D eigenvalue weighted by molar-refractivity contribution is -0.384. The number of nitrogens with one attached hydrogen (secondary N) is 1. The zero-order chi connectivity index (χ0) is 13.8. The van der Waals surface area contributed by atoms with E-state index in [0.29, 0.717) is 0 Å². The topological polar surface area (TPSA) is 58.4 Å². The second kappa shape index (κ2) is 6.51. The van der Waals surface area contributed by atoms with Gasteiger partial charge in [0.15, 0.2) is 0 Å². The van der Waals surface area contributed by atoms with Crippen molar-refractivity contribution in [1.29, 1.82) is 0 Å². The molecule has 1 saturated carbocycles. The number of hydrogen-bond acceptors (Lipinski definition) is 4. The molecule has 0 radical (unpaired) electrons. The molecule has 1 aromatic rings. The molecule has 0 unspecified atom stereocenters. The molecule has 0 heterocycles. The van der Waals surface area contributed by atoms with Crippen molar-refractivity contribution in [2.75, 3.05) is 25.0 Å². The van der Waals surface area contributed by atoms with Gasteiger partial charge in [-0.3, -0.25) is 15.0 Å². The molecule has 1 aliphatic rings. The van der Waals surface area contributed by atoms with E-state index in [1.807, 2.05) is 0 Å². The molecule has 1 N–H and O–H groups in total. The van der Waals surface area contributed by atoms with E-state index in [-0.39, 0.29) is 10.6 Å². The Kier molecular flexibility index (Phi) is 4.98. The molecule has 19 heavy (non-hydrogen) atoms. The SMILES string of the molecule is CCN(CCNc1ccc([N+](=O)[O-])cc1I)C1CC1. The lowest BCUT2D eigenvalue weighted by atomic mass is 10.3. The van der Waals surface area contributed by atoms with Crippen LogP contribution in [0.15, 0.2) is 18.2 Å². The van der Waals surface area contributed by atoms with E-state index in [4.69, 9.17) is 0 Å². The Morgan fingerprint density at radius 3 is 2.79 bits per heavy atom. The van der Waals surface area contributed by atoms with Gasteiger partial charge in [-0.05, 0) is 48.0 Å². The van der Waals surface area contributed by atoms with Gasteiger partial charge in [0.2, 0.25) is 0 Å². The van der Waals surface area contributed by atoms with Crippen molar-refractivity contribution in [1.82, 2.24) is 4.90 Å². The van der Waals surface area contributed by atoms with Crippen molar-refractivity contribution >= 4 is 34.0 Å². The molecule has 1 aromatic carbocycles. The molecule has 0 amide bonds. The van der Waals surface area contributed by atoms with Gasteiger partial charge < -0.3 is 5.32 Å². The number of anilines is 1. The molecule has 0 saturated heterocycles. The minimum absolute atomic E-state index is 0.142. The second-order valence-corrected chi connectivity index (χ2v) is 5.87. The highest BCUT2D eigenvalue weighted by molar-refractivity contribution is 14.1. The number of rotatable bonds is 7. The van der Waals surface area contributed by atoms with Gasteiger partial charge in [0, 0.05) is 40.5 Å². The average molecular weight is 375 g/mol. The van der Waals surface area contributed by atoms with Gasteiger partial charge in [-0.25, -0.2) is 0 Å². The summed E-state index contributed by atoms with van der Waals surface area (Å²) in [6, 6.07) is 5.71. The molecule has 0 spiro atoms. The van der Waals surface area contributed by atoms with Crippen LogP contribution in [0.25, 0.3) is 0 Å². The van der Waals surface area contributed by atoms with Gasteiger partial charge in [0.05, 0.1) is 4.92 Å². The van der Waals surface area contributed by atoms with Crippen molar-refractivity contribution in [3.63, 3.8) is 0 Å². The van der Waals surface area contributed by atoms with Crippen LogP contribution >= 0.6 is 22.6 Å². The van der Waals surface area contributed by atoms with Crippen LogP contribution in [0, 0.1) is 13.7 Å². The smallest absolute Gasteiger partial charge is 0.270 e. The first-order chi connectivity index (χ1) is 9.11. The van der Waals surface area contributed by atoms with Crippen LogP contribution < -0.4 is 5.32 Å². The van der Waals surface area contributed by atoms with Crippen LogP contribution in [0.4, 0.5) is 11.4 Å². The van der Waals surface area contributed by atoms with Crippen LogP contribution in [-0.2, 0) is 0 Å². The highest BCUT2D eigenvalue weighted by Crippen LogP contribution is 2.26. The predicted molar refractivity (Wildman–Crippen MR) is 84.6 cm³/mol. The normalized spacial score (nSPS) is 14.7. The van der Waals surface area contributed by atoms with E-state index in [9.17, 15) is 10.1 Å². The Morgan fingerprint density at radius 1 is 1.53 bits per heavy atom. The first-order valence-electron chi connectivity index (χ1n) is 6.53. The summed E-state index contributed by atoms with van der Waals surface area (Å²) in [5.74, 6) is 0. The summed E-state index contributed by atoms with van der Waals surface area (Å²) in [5.41, 5.74) is 1.11. The number of benzene rings is 1. The second-order valence-electron chi connectivity index (χ2n) is 4.71.